The lowest BCUT2D eigenvalue weighted by atomic mass is 9.95. The van der Waals surface area contributed by atoms with Crippen LogP contribution < -0.4 is 9.80 Å². The second-order valence-electron chi connectivity index (χ2n) is 14.2. The summed E-state index contributed by atoms with van der Waals surface area (Å²) >= 11 is 0. The molecule has 0 aromatic heterocycles. The van der Waals surface area contributed by atoms with E-state index in [1.165, 1.54) is 54.6 Å². The molecule has 10 rings (SSSR count). The Morgan fingerprint density at radius 2 is 0.607 bits per heavy atom. The fourth-order valence-corrected chi connectivity index (χ4v) is 8.10. The van der Waals surface area contributed by atoms with Crippen LogP contribution in [0.15, 0.2) is 231 Å². The van der Waals surface area contributed by atoms with Crippen LogP contribution in [-0.4, -0.2) is 0 Å². The van der Waals surface area contributed by atoms with Crippen molar-refractivity contribution in [3.63, 3.8) is 0 Å². The van der Waals surface area contributed by atoms with Crippen molar-refractivity contribution in [2.45, 2.75) is 0 Å². The molecule has 0 atom stereocenters. The van der Waals surface area contributed by atoms with E-state index in [1.807, 2.05) is 0 Å². The summed E-state index contributed by atoms with van der Waals surface area (Å²) in [4.78, 5) is 4.73. The van der Waals surface area contributed by atoms with Crippen LogP contribution in [0.25, 0.3) is 54.6 Å². The summed E-state index contributed by atoms with van der Waals surface area (Å²) in [5.41, 5.74) is 11.6. The van der Waals surface area contributed by atoms with Crippen LogP contribution in [0.5, 0.6) is 0 Å². The number of anilines is 6. The largest absolute Gasteiger partial charge is 0.310 e. The van der Waals surface area contributed by atoms with E-state index >= 15 is 0 Å². The van der Waals surface area contributed by atoms with Crippen LogP contribution >= 0.6 is 0 Å². The molecule has 0 amide bonds. The Balaban J connectivity index is 1.10. The molecule has 0 heterocycles. The number of nitrogens with zero attached hydrogens (tertiary/aromatic N) is 2. The van der Waals surface area contributed by atoms with Crippen LogP contribution in [-0.2, 0) is 0 Å². The predicted octanol–water partition coefficient (Wildman–Crippen LogP) is 15.4. The zero-order valence-corrected chi connectivity index (χ0v) is 30.8. The molecule has 0 aliphatic heterocycles. The second kappa shape index (κ2) is 14.4. The average molecular weight is 715 g/mol. The third kappa shape index (κ3) is 6.14. The third-order valence-electron chi connectivity index (χ3n) is 10.8. The minimum absolute atomic E-state index is 1.11. The predicted molar refractivity (Wildman–Crippen MR) is 239 cm³/mol. The van der Waals surface area contributed by atoms with Gasteiger partial charge in [-0.05, 0) is 116 Å². The second-order valence-corrected chi connectivity index (χ2v) is 14.2. The van der Waals surface area contributed by atoms with Crippen molar-refractivity contribution in [2.75, 3.05) is 9.80 Å². The van der Waals surface area contributed by atoms with Crippen LogP contribution in [0.4, 0.5) is 34.1 Å². The lowest BCUT2D eigenvalue weighted by molar-refractivity contribution is 1.29. The Kier molecular flexibility index (Phi) is 8.55. The number of hydrogen-bond acceptors (Lipinski definition) is 2. The minimum atomic E-state index is 1.11. The van der Waals surface area contributed by atoms with Gasteiger partial charge in [0.25, 0.3) is 0 Å². The van der Waals surface area contributed by atoms with Gasteiger partial charge < -0.3 is 9.80 Å². The van der Waals surface area contributed by atoms with Gasteiger partial charge >= 0.3 is 0 Å². The van der Waals surface area contributed by atoms with Crippen molar-refractivity contribution in [2.24, 2.45) is 0 Å². The maximum atomic E-state index is 2.38. The molecule has 10 aromatic rings. The Bertz CT molecular complexity index is 2920. The van der Waals surface area contributed by atoms with E-state index in [4.69, 9.17) is 0 Å². The summed E-state index contributed by atoms with van der Waals surface area (Å²) in [5.74, 6) is 0. The lowest BCUT2D eigenvalue weighted by Crippen LogP contribution is -2.10. The third-order valence-corrected chi connectivity index (χ3v) is 10.8. The molecule has 264 valence electrons. The highest BCUT2D eigenvalue weighted by Crippen LogP contribution is 2.43. The van der Waals surface area contributed by atoms with Crippen LogP contribution in [0.1, 0.15) is 0 Å². The molecular formula is C54H38N2. The summed E-state index contributed by atoms with van der Waals surface area (Å²) in [7, 11) is 0. The maximum absolute atomic E-state index is 2.38. The minimum Gasteiger partial charge on any atom is -0.310 e. The highest BCUT2D eigenvalue weighted by molar-refractivity contribution is 6.20. The van der Waals surface area contributed by atoms with Crippen LogP contribution in [0, 0.1) is 0 Å². The first-order chi connectivity index (χ1) is 27.8. The van der Waals surface area contributed by atoms with E-state index in [0.717, 1.165) is 34.1 Å². The first kappa shape index (κ1) is 33.2. The molecule has 0 saturated carbocycles. The number of hydrogen-bond donors (Lipinski definition) is 0. The first-order valence-corrected chi connectivity index (χ1v) is 19.2. The Hall–Kier alpha value is -7.42. The molecule has 2 nitrogen and oxygen atoms in total. The van der Waals surface area contributed by atoms with Gasteiger partial charge in [-0.2, -0.15) is 0 Å². The fourth-order valence-electron chi connectivity index (χ4n) is 8.10. The number of benzene rings is 10. The van der Waals surface area contributed by atoms with Crippen molar-refractivity contribution in [3.8, 4) is 22.3 Å². The fraction of sp³-hybridized carbons (Fsp3) is 0. The Morgan fingerprint density at radius 3 is 1.20 bits per heavy atom. The van der Waals surface area contributed by atoms with E-state index in [0.29, 0.717) is 0 Å². The molecule has 0 aliphatic rings. The van der Waals surface area contributed by atoms with Gasteiger partial charge in [-0.15, -0.1) is 0 Å². The van der Waals surface area contributed by atoms with Crippen molar-refractivity contribution < 1.29 is 0 Å². The molecule has 0 aliphatic carbocycles. The van der Waals surface area contributed by atoms with E-state index < -0.39 is 0 Å². The normalized spacial score (nSPS) is 11.2. The van der Waals surface area contributed by atoms with E-state index in [2.05, 4.69) is 240 Å². The van der Waals surface area contributed by atoms with E-state index in [1.54, 1.807) is 0 Å². The van der Waals surface area contributed by atoms with Crippen LogP contribution in [0.2, 0.25) is 0 Å². The van der Waals surface area contributed by atoms with Gasteiger partial charge in [0.1, 0.15) is 0 Å². The maximum Gasteiger partial charge on any atom is 0.0540 e. The molecule has 56 heavy (non-hydrogen) atoms. The smallest absolute Gasteiger partial charge is 0.0540 e. The number of para-hydroxylation sites is 2. The molecule has 0 bridgehead atoms. The molecule has 10 aromatic carbocycles. The summed E-state index contributed by atoms with van der Waals surface area (Å²) < 4.78 is 0. The molecule has 2 heteroatoms. The van der Waals surface area contributed by atoms with E-state index in [9.17, 15) is 0 Å². The van der Waals surface area contributed by atoms with Gasteiger partial charge in [0.05, 0.1) is 5.69 Å². The van der Waals surface area contributed by atoms with Gasteiger partial charge in [-0.25, -0.2) is 0 Å². The summed E-state index contributed by atoms with van der Waals surface area (Å²) in [6.07, 6.45) is 0. The highest BCUT2D eigenvalue weighted by Gasteiger charge is 2.18. The number of fused-ring (bicyclic) bond motifs is 5. The zero-order chi connectivity index (χ0) is 37.3. The van der Waals surface area contributed by atoms with Crippen molar-refractivity contribution in [1.82, 2.24) is 0 Å². The number of rotatable bonds is 8. The van der Waals surface area contributed by atoms with Gasteiger partial charge in [-0.3, -0.25) is 0 Å². The van der Waals surface area contributed by atoms with Crippen molar-refractivity contribution >= 4 is 66.4 Å². The Labute approximate surface area is 327 Å². The topological polar surface area (TPSA) is 6.48 Å². The lowest BCUT2D eigenvalue weighted by Gasteiger charge is -2.27. The van der Waals surface area contributed by atoms with Gasteiger partial charge in [0, 0.05) is 33.8 Å². The summed E-state index contributed by atoms with van der Waals surface area (Å²) in [5, 5.41) is 7.35. The monoisotopic (exact) mass is 714 g/mol. The van der Waals surface area contributed by atoms with Gasteiger partial charge in [0.2, 0.25) is 0 Å². The summed E-state index contributed by atoms with van der Waals surface area (Å²) in [6.45, 7) is 0. The molecular weight excluding hydrogens is 677 g/mol. The van der Waals surface area contributed by atoms with Crippen molar-refractivity contribution in [1.29, 1.82) is 0 Å². The van der Waals surface area contributed by atoms with Gasteiger partial charge in [-0.1, -0.05) is 164 Å². The highest BCUT2D eigenvalue weighted by atomic mass is 15.1. The molecule has 0 radical (unpaired) electrons. The van der Waals surface area contributed by atoms with E-state index in [-0.39, 0.29) is 0 Å². The zero-order valence-electron chi connectivity index (χ0n) is 30.8. The molecule has 0 spiro atoms. The average Bonchev–Trinajstić information content (AvgIpc) is 3.28. The first-order valence-electron chi connectivity index (χ1n) is 19.2. The SMILES string of the molecule is c1ccc(-c2ccc(N(c3ccccc3)c3ccc4ccc5c6cccc(N(c7ccccc7)c7ccc(-c8ccccc8)cc7)c6ccc5c4c3)cc2)cc1. The molecule has 0 saturated heterocycles. The van der Waals surface area contributed by atoms with Gasteiger partial charge in [0.15, 0.2) is 0 Å². The molecule has 0 unspecified atom stereocenters. The standard InChI is InChI=1S/C54H38N2/c1-5-14-39(15-6-1)41-24-30-46(31-25-41)55(44-18-9-3-10-19-44)48-34-28-43-29-35-50-49-22-13-23-54(52(49)37-36-51(50)53(43)38-48)56(45-20-11-4-12-21-45)47-32-26-42(27-33-47)40-16-7-2-8-17-40/h1-38H. The molecule has 0 N–H and O–H groups in total. The van der Waals surface area contributed by atoms with Crippen molar-refractivity contribution in [3.05, 3.63) is 231 Å². The summed E-state index contributed by atoms with van der Waals surface area (Å²) in [6, 6.07) is 83.0. The molecule has 0 fully saturated rings. The quantitative estimate of drug-likeness (QED) is 0.145. The van der Waals surface area contributed by atoms with Crippen LogP contribution in [0.3, 0.4) is 0 Å². The Morgan fingerprint density at radius 1 is 0.214 bits per heavy atom.